The molecule has 0 saturated carbocycles. The molecule has 1 aromatic carbocycles. The predicted molar refractivity (Wildman–Crippen MR) is 68.4 cm³/mol. The van der Waals surface area contributed by atoms with Crippen LogP contribution >= 0.6 is 0 Å². The van der Waals surface area contributed by atoms with Gasteiger partial charge in [0.25, 0.3) is 5.89 Å². The summed E-state index contributed by atoms with van der Waals surface area (Å²) in [6.07, 6.45) is 2.89. The number of rotatable bonds is 6. The van der Waals surface area contributed by atoms with E-state index >= 15 is 0 Å². The van der Waals surface area contributed by atoms with Crippen molar-refractivity contribution in [3.63, 3.8) is 0 Å². The molecule has 1 aromatic heterocycles. The van der Waals surface area contributed by atoms with Crippen LogP contribution in [0.3, 0.4) is 0 Å². The van der Waals surface area contributed by atoms with Crippen LogP contribution in [0.4, 0.5) is 0 Å². The molecule has 0 aliphatic carbocycles. The molecule has 0 bridgehead atoms. The third-order valence-electron chi connectivity index (χ3n) is 2.68. The molecule has 0 aliphatic rings. The van der Waals surface area contributed by atoms with Crippen molar-refractivity contribution in [3.05, 3.63) is 41.5 Å². The molecule has 0 N–H and O–H groups in total. The van der Waals surface area contributed by atoms with Gasteiger partial charge in [0, 0.05) is 6.42 Å². The molecule has 0 unspecified atom stereocenters. The van der Waals surface area contributed by atoms with Crippen molar-refractivity contribution in [1.29, 1.82) is 0 Å². The summed E-state index contributed by atoms with van der Waals surface area (Å²) in [5.74, 6) is 2.10. The largest absolute Gasteiger partial charge is 0.484 e. The van der Waals surface area contributed by atoms with E-state index in [-0.39, 0.29) is 0 Å². The molecule has 96 valence electrons. The molecule has 0 amide bonds. The second kappa shape index (κ2) is 6.19. The third-order valence-corrected chi connectivity index (χ3v) is 2.68. The minimum Gasteiger partial charge on any atom is -0.484 e. The first-order chi connectivity index (χ1) is 8.81. The van der Waals surface area contributed by atoms with Crippen molar-refractivity contribution in [1.82, 2.24) is 10.1 Å². The van der Waals surface area contributed by atoms with Gasteiger partial charge in [0.05, 0.1) is 0 Å². The number of nitrogens with zero attached hydrogens (tertiary/aromatic N) is 2. The first-order valence-corrected chi connectivity index (χ1v) is 6.35. The summed E-state index contributed by atoms with van der Waals surface area (Å²) < 4.78 is 10.7. The Morgan fingerprint density at radius 1 is 1.17 bits per heavy atom. The summed E-state index contributed by atoms with van der Waals surface area (Å²) >= 11 is 0. The highest BCUT2D eigenvalue weighted by atomic mass is 16.5. The zero-order valence-electron chi connectivity index (χ0n) is 10.8. The van der Waals surface area contributed by atoms with Crippen molar-refractivity contribution >= 4 is 0 Å². The molecule has 2 aromatic rings. The van der Waals surface area contributed by atoms with E-state index in [1.165, 1.54) is 5.56 Å². The van der Waals surface area contributed by atoms with Crippen LogP contribution in [0.1, 0.15) is 37.5 Å². The third kappa shape index (κ3) is 3.32. The van der Waals surface area contributed by atoms with Gasteiger partial charge in [-0.15, -0.1) is 0 Å². The number of benzene rings is 1. The van der Waals surface area contributed by atoms with E-state index in [0.29, 0.717) is 12.5 Å². The highest BCUT2D eigenvalue weighted by molar-refractivity contribution is 5.27. The van der Waals surface area contributed by atoms with Crippen LogP contribution in [0, 0.1) is 0 Å². The molecular formula is C14H18N2O2. The highest BCUT2D eigenvalue weighted by Gasteiger charge is 2.06. The highest BCUT2D eigenvalue weighted by Crippen LogP contribution is 2.14. The molecule has 0 fully saturated rings. The lowest BCUT2D eigenvalue weighted by molar-refractivity contribution is 0.242. The van der Waals surface area contributed by atoms with Crippen LogP contribution in [0.15, 0.2) is 28.8 Å². The fourth-order valence-corrected chi connectivity index (χ4v) is 1.64. The summed E-state index contributed by atoms with van der Waals surface area (Å²) in [7, 11) is 0. The van der Waals surface area contributed by atoms with Crippen LogP contribution in [-0.4, -0.2) is 10.1 Å². The summed E-state index contributed by atoms with van der Waals surface area (Å²) in [6, 6.07) is 8.04. The lowest BCUT2D eigenvalue weighted by atomic mass is 10.2. The number of aryl methyl sites for hydroxylation is 2. The van der Waals surface area contributed by atoms with Gasteiger partial charge in [-0.2, -0.15) is 4.98 Å². The van der Waals surface area contributed by atoms with Gasteiger partial charge in [-0.05, 0) is 30.5 Å². The Labute approximate surface area is 107 Å². The maximum Gasteiger partial charge on any atom is 0.264 e. The van der Waals surface area contributed by atoms with E-state index in [1.54, 1.807) is 0 Å². The molecule has 2 rings (SSSR count). The lowest BCUT2D eigenvalue weighted by Crippen LogP contribution is -1.96. The van der Waals surface area contributed by atoms with E-state index in [0.717, 1.165) is 30.8 Å². The standard InChI is InChI=1S/C14H18N2O2/c1-3-5-13-15-14(18-16-13)10-17-12-8-6-11(4-2)7-9-12/h6-9H,3-5,10H2,1-2H3. The van der Waals surface area contributed by atoms with Gasteiger partial charge in [0.2, 0.25) is 0 Å². The first-order valence-electron chi connectivity index (χ1n) is 6.35. The van der Waals surface area contributed by atoms with Gasteiger partial charge >= 0.3 is 0 Å². The number of hydrogen-bond donors (Lipinski definition) is 0. The Balaban J connectivity index is 1.89. The predicted octanol–water partition coefficient (Wildman–Crippen LogP) is 3.16. The average molecular weight is 246 g/mol. The Hall–Kier alpha value is -1.84. The van der Waals surface area contributed by atoms with Gasteiger partial charge in [-0.3, -0.25) is 0 Å². The quantitative estimate of drug-likeness (QED) is 0.785. The Kier molecular flexibility index (Phi) is 4.34. The fraction of sp³-hybridized carbons (Fsp3) is 0.429. The van der Waals surface area contributed by atoms with Gasteiger partial charge in [0.15, 0.2) is 12.4 Å². The van der Waals surface area contributed by atoms with E-state index in [9.17, 15) is 0 Å². The molecule has 0 spiro atoms. The first kappa shape index (κ1) is 12.6. The van der Waals surface area contributed by atoms with E-state index in [2.05, 4.69) is 36.1 Å². The van der Waals surface area contributed by atoms with Crippen molar-refractivity contribution in [2.75, 3.05) is 0 Å². The van der Waals surface area contributed by atoms with Crippen LogP contribution in [-0.2, 0) is 19.4 Å². The molecule has 4 heteroatoms. The molecule has 0 aliphatic heterocycles. The van der Waals surface area contributed by atoms with Crippen LogP contribution in [0.25, 0.3) is 0 Å². The molecule has 4 nitrogen and oxygen atoms in total. The number of aromatic nitrogens is 2. The topological polar surface area (TPSA) is 48.2 Å². The normalized spacial score (nSPS) is 10.6. The van der Waals surface area contributed by atoms with Crippen LogP contribution in [0.5, 0.6) is 5.75 Å². The zero-order valence-corrected chi connectivity index (χ0v) is 10.8. The number of hydrogen-bond acceptors (Lipinski definition) is 4. The van der Waals surface area contributed by atoms with Gasteiger partial charge in [-0.1, -0.05) is 31.1 Å². The minimum atomic E-state index is 0.322. The fourth-order valence-electron chi connectivity index (χ4n) is 1.64. The van der Waals surface area contributed by atoms with Gasteiger partial charge in [-0.25, -0.2) is 0 Å². The molecule has 1 heterocycles. The summed E-state index contributed by atoms with van der Waals surface area (Å²) in [5.41, 5.74) is 1.30. The van der Waals surface area contributed by atoms with Crippen molar-refractivity contribution in [2.24, 2.45) is 0 Å². The Bertz CT molecular complexity index is 477. The smallest absolute Gasteiger partial charge is 0.264 e. The second-order valence-corrected chi connectivity index (χ2v) is 4.14. The summed E-state index contributed by atoms with van der Waals surface area (Å²) in [5, 5.41) is 3.88. The molecule has 0 saturated heterocycles. The Morgan fingerprint density at radius 2 is 1.94 bits per heavy atom. The second-order valence-electron chi connectivity index (χ2n) is 4.14. The molecular weight excluding hydrogens is 228 g/mol. The molecule has 18 heavy (non-hydrogen) atoms. The minimum absolute atomic E-state index is 0.322. The summed E-state index contributed by atoms with van der Waals surface area (Å²) in [4.78, 5) is 4.25. The molecule has 0 radical (unpaired) electrons. The maximum absolute atomic E-state index is 5.59. The van der Waals surface area contributed by atoms with E-state index < -0.39 is 0 Å². The lowest BCUT2D eigenvalue weighted by Gasteiger charge is -2.03. The van der Waals surface area contributed by atoms with E-state index in [4.69, 9.17) is 9.26 Å². The van der Waals surface area contributed by atoms with Gasteiger partial charge < -0.3 is 9.26 Å². The monoisotopic (exact) mass is 246 g/mol. The number of ether oxygens (including phenoxy) is 1. The average Bonchev–Trinajstić information content (AvgIpc) is 2.85. The summed E-state index contributed by atoms with van der Waals surface area (Å²) in [6.45, 7) is 4.54. The van der Waals surface area contributed by atoms with Crippen molar-refractivity contribution in [3.8, 4) is 5.75 Å². The van der Waals surface area contributed by atoms with Crippen molar-refractivity contribution in [2.45, 2.75) is 39.7 Å². The molecule has 0 atom stereocenters. The van der Waals surface area contributed by atoms with Crippen LogP contribution < -0.4 is 4.74 Å². The zero-order chi connectivity index (χ0) is 12.8. The van der Waals surface area contributed by atoms with Crippen LogP contribution in [0.2, 0.25) is 0 Å². The van der Waals surface area contributed by atoms with Crippen molar-refractivity contribution < 1.29 is 9.26 Å². The Morgan fingerprint density at radius 3 is 2.61 bits per heavy atom. The maximum atomic E-state index is 5.59. The van der Waals surface area contributed by atoms with Gasteiger partial charge in [0.1, 0.15) is 5.75 Å². The SMILES string of the molecule is CCCc1noc(COc2ccc(CC)cc2)n1. The van der Waals surface area contributed by atoms with E-state index in [1.807, 2.05) is 12.1 Å².